The number of hydrogen-bond donors (Lipinski definition) is 5. The molecule has 2 atom stereocenters. The summed E-state index contributed by atoms with van der Waals surface area (Å²) in [5, 5.41) is 24.1. The van der Waals surface area contributed by atoms with Crippen LogP contribution in [0.2, 0.25) is 0 Å². The fraction of sp³-hybridized carbons (Fsp3) is 0.189. The van der Waals surface area contributed by atoms with Crippen LogP contribution in [0.3, 0.4) is 0 Å². The average Bonchev–Trinajstić information content (AvgIpc) is 3.91. The summed E-state index contributed by atoms with van der Waals surface area (Å²) in [4.78, 5) is 66.4. The molecule has 18 nitrogen and oxygen atoms in total. The van der Waals surface area contributed by atoms with Crippen molar-refractivity contribution in [1.82, 2.24) is 30.6 Å². The van der Waals surface area contributed by atoms with Crippen LogP contribution in [-0.2, 0) is 39.5 Å². The largest absolute Gasteiger partial charge is 0.508 e. The number of anilines is 2. The second kappa shape index (κ2) is 20.2. The molecule has 7 aromatic rings. The number of aryl methyl sites for hydroxylation is 1. The molecule has 0 saturated carbocycles. The van der Waals surface area contributed by atoms with Crippen molar-refractivity contribution in [2.24, 2.45) is 16.1 Å². The number of carbonyl (C=O) groups is 4. The van der Waals surface area contributed by atoms with Gasteiger partial charge in [-0.1, -0.05) is 48.5 Å². The summed E-state index contributed by atoms with van der Waals surface area (Å²) < 4.78 is 17.7. The molecule has 5 aromatic carbocycles. The second-order valence-electron chi connectivity index (χ2n) is 17.0. The van der Waals surface area contributed by atoms with Gasteiger partial charge >= 0.3 is 5.97 Å². The number of fused-ring (bicyclic) bond motifs is 7. The van der Waals surface area contributed by atoms with Gasteiger partial charge in [0, 0.05) is 75.0 Å². The Labute approximate surface area is 407 Å². The molecule has 0 saturated heterocycles. The predicted octanol–water partition coefficient (Wildman–Crippen LogP) is 7.83. The highest BCUT2D eigenvalue weighted by molar-refractivity contribution is 6.01. The zero-order valence-electron chi connectivity index (χ0n) is 38.9. The van der Waals surface area contributed by atoms with Crippen molar-refractivity contribution >= 4 is 57.7 Å². The van der Waals surface area contributed by atoms with E-state index in [1.54, 1.807) is 48.5 Å². The number of H-pyrrole nitrogens is 1. The standard InChI is InChI=1S/C33H36N10O3.C20H12O5/c1-21(44)36-19-22-6-8-23(9-7-22)20-46-32-29-30(39-33(34)40-32)38-28(37-29)5-4-18-35-31(45)24-10-12-25(13-11-24)41-42-26-14-16-27(17-15-26)43(2)3;21-11-5-7-15-17(9-11)24-18-10-12(22)6-8-16(18)20(15)14-4-2-1-3-13(14)19(23)25-20/h6-17H,4-5,18-20H2,1-3H3,(H,35,45)(H,36,44)(H3,34,37,38,39,40);1-10,15,22H. The summed E-state index contributed by atoms with van der Waals surface area (Å²) in [6.45, 7) is 2.67. The number of phenolic OH excluding ortho intramolecular Hbond substituents is 1. The van der Waals surface area contributed by atoms with Crippen LogP contribution < -0.4 is 30.7 Å². The van der Waals surface area contributed by atoms with E-state index >= 15 is 0 Å². The fourth-order valence-electron chi connectivity index (χ4n) is 8.32. The fourth-order valence-corrected chi connectivity index (χ4v) is 8.32. The van der Waals surface area contributed by atoms with Gasteiger partial charge < -0.3 is 45.6 Å². The topological polar surface area (TPSA) is 249 Å². The number of rotatable bonds is 13. The zero-order chi connectivity index (χ0) is 49.6. The molecular formula is C53H48N10O8. The highest BCUT2D eigenvalue weighted by Crippen LogP contribution is 2.56. The number of aromatic nitrogens is 4. The zero-order valence-corrected chi connectivity index (χ0v) is 38.9. The van der Waals surface area contributed by atoms with E-state index in [2.05, 4.69) is 40.8 Å². The van der Waals surface area contributed by atoms with Crippen LogP contribution in [-0.4, -0.2) is 69.2 Å². The number of ketones is 1. The molecule has 0 radical (unpaired) electrons. The van der Waals surface area contributed by atoms with Crippen molar-refractivity contribution in [3.63, 3.8) is 0 Å². The molecule has 0 bridgehead atoms. The summed E-state index contributed by atoms with van der Waals surface area (Å²) in [6.07, 6.45) is 5.78. The number of nitrogen functional groups attached to an aromatic ring is 1. The Morgan fingerprint density at radius 3 is 2.32 bits per heavy atom. The molecule has 10 rings (SSSR count). The number of imidazole rings is 1. The molecular weight excluding hydrogens is 905 g/mol. The van der Waals surface area contributed by atoms with Crippen LogP contribution in [0.5, 0.6) is 17.4 Å². The number of nitrogens with zero attached hydrogens (tertiary/aromatic N) is 6. The molecule has 2 amide bonds. The second-order valence-corrected chi connectivity index (χ2v) is 17.0. The van der Waals surface area contributed by atoms with Crippen LogP contribution in [0.25, 0.3) is 11.2 Å². The molecule has 0 fully saturated rings. The maximum atomic E-state index is 12.7. The number of amides is 2. The molecule has 1 aliphatic carbocycles. The first kappa shape index (κ1) is 46.9. The average molecular weight is 953 g/mol. The Morgan fingerprint density at radius 2 is 1.59 bits per heavy atom. The molecule has 6 N–H and O–H groups in total. The Bertz CT molecular complexity index is 3260. The minimum Gasteiger partial charge on any atom is -0.508 e. The van der Waals surface area contributed by atoms with Gasteiger partial charge in [-0.3, -0.25) is 14.4 Å². The Morgan fingerprint density at radius 1 is 0.873 bits per heavy atom. The lowest BCUT2D eigenvalue weighted by Crippen LogP contribution is -2.42. The van der Waals surface area contributed by atoms with E-state index in [0.29, 0.717) is 82.7 Å². The van der Waals surface area contributed by atoms with Crippen molar-refractivity contribution < 1.29 is 38.5 Å². The van der Waals surface area contributed by atoms with Gasteiger partial charge in [-0.2, -0.15) is 20.2 Å². The maximum absolute atomic E-state index is 12.7. The van der Waals surface area contributed by atoms with Crippen LogP contribution in [0.15, 0.2) is 149 Å². The molecule has 1 spiro atoms. The number of azo groups is 1. The van der Waals surface area contributed by atoms with Gasteiger partial charge in [-0.25, -0.2) is 9.78 Å². The normalized spacial score (nSPS) is 16.2. The van der Waals surface area contributed by atoms with E-state index in [0.717, 1.165) is 28.1 Å². The van der Waals surface area contributed by atoms with E-state index in [1.807, 2.05) is 79.7 Å². The van der Waals surface area contributed by atoms with Gasteiger partial charge in [0.25, 0.3) is 5.91 Å². The van der Waals surface area contributed by atoms with Crippen LogP contribution in [0.1, 0.15) is 62.1 Å². The van der Waals surface area contributed by atoms with Crippen molar-refractivity contribution in [3.8, 4) is 17.4 Å². The molecule has 71 heavy (non-hydrogen) atoms. The summed E-state index contributed by atoms with van der Waals surface area (Å²) in [5.74, 6) is 0.539. The predicted molar refractivity (Wildman–Crippen MR) is 264 cm³/mol. The van der Waals surface area contributed by atoms with Crippen LogP contribution in [0.4, 0.5) is 23.0 Å². The number of ether oxygens (including phenoxy) is 3. The van der Waals surface area contributed by atoms with E-state index in [9.17, 15) is 24.3 Å². The Kier molecular flexibility index (Phi) is 13.3. The van der Waals surface area contributed by atoms with Gasteiger partial charge in [-0.15, -0.1) is 0 Å². The minimum absolute atomic E-state index is 0.0308. The van der Waals surface area contributed by atoms with E-state index in [1.165, 1.54) is 31.2 Å². The number of nitrogens with two attached hydrogens (primary N) is 1. The molecule has 2 unspecified atom stereocenters. The highest BCUT2D eigenvalue weighted by atomic mass is 16.6. The van der Waals surface area contributed by atoms with Crippen molar-refractivity contribution in [1.29, 1.82) is 0 Å². The first-order chi connectivity index (χ1) is 34.3. The number of benzene rings is 5. The number of hydrogen-bond acceptors (Lipinski definition) is 15. The summed E-state index contributed by atoms with van der Waals surface area (Å²) in [6, 6.07) is 34.4. The van der Waals surface area contributed by atoms with Crippen molar-refractivity contribution in [2.45, 2.75) is 38.5 Å². The summed E-state index contributed by atoms with van der Waals surface area (Å²) >= 11 is 0. The molecule has 2 aliphatic heterocycles. The maximum Gasteiger partial charge on any atom is 0.339 e. The van der Waals surface area contributed by atoms with E-state index in [-0.39, 0.29) is 35.9 Å². The van der Waals surface area contributed by atoms with Gasteiger partial charge in [0.15, 0.2) is 17.0 Å². The third-order valence-electron chi connectivity index (χ3n) is 11.9. The number of carbonyl (C=O) groups excluding carboxylic acids is 4. The lowest BCUT2D eigenvalue weighted by molar-refractivity contribution is -0.119. The summed E-state index contributed by atoms with van der Waals surface area (Å²) in [7, 11) is 3.96. The lowest BCUT2D eigenvalue weighted by atomic mass is 9.71. The van der Waals surface area contributed by atoms with Gasteiger partial charge in [0.2, 0.25) is 17.7 Å². The first-order valence-electron chi connectivity index (χ1n) is 22.7. The van der Waals surface area contributed by atoms with Crippen LogP contribution in [0, 0.1) is 5.92 Å². The molecule has 358 valence electrons. The number of nitrogens with one attached hydrogen (secondary N) is 3. The number of aromatic amines is 1. The number of aromatic hydroxyl groups is 1. The quantitative estimate of drug-likeness (QED) is 0.0421. The Balaban J connectivity index is 0.000000208. The minimum atomic E-state index is -1.11. The molecule has 4 heterocycles. The van der Waals surface area contributed by atoms with E-state index in [4.69, 9.17) is 19.9 Å². The monoisotopic (exact) mass is 952 g/mol. The molecule has 18 heteroatoms. The molecule has 2 aromatic heterocycles. The summed E-state index contributed by atoms with van der Waals surface area (Å²) in [5.41, 5.74) is 12.6. The Hall–Kier alpha value is -9.19. The van der Waals surface area contributed by atoms with Crippen molar-refractivity contribution in [2.75, 3.05) is 31.3 Å². The number of esters is 1. The SMILES string of the molecule is CC(=O)NCc1ccc(COc2nc(N)nc3nc(CCCNC(=O)c4ccc(N=Nc5ccc(N(C)C)cc5)cc4)[nH]c23)cc1.O=C1C=CC2C(=C1)Oc1cc(O)ccc1C21OC(=O)c2ccccc21. The number of allylic oxidation sites excluding steroid dienone is 2. The van der Waals surface area contributed by atoms with Gasteiger partial charge in [0.1, 0.15) is 35.2 Å². The third-order valence-corrected chi connectivity index (χ3v) is 11.9. The lowest BCUT2D eigenvalue weighted by Gasteiger charge is -2.42. The third kappa shape index (κ3) is 10.3. The van der Waals surface area contributed by atoms with Gasteiger partial charge in [0.05, 0.1) is 22.9 Å². The van der Waals surface area contributed by atoms with Crippen molar-refractivity contribution in [3.05, 3.63) is 178 Å². The van der Waals surface area contributed by atoms with Crippen LogP contribution >= 0.6 is 0 Å². The first-order valence-corrected chi connectivity index (χ1v) is 22.7. The smallest absolute Gasteiger partial charge is 0.339 e. The van der Waals surface area contributed by atoms with Gasteiger partial charge in [-0.05, 0) is 90.4 Å². The highest BCUT2D eigenvalue weighted by Gasteiger charge is 2.57. The molecule has 3 aliphatic rings. The number of phenols is 1. The van der Waals surface area contributed by atoms with E-state index < -0.39 is 17.5 Å².